The molecule has 0 spiro atoms. The molecular formula is C15H23NO4S. The SMILES string of the molecule is COc1ccc(S(=O)(=O)N2CCCC(C)CC2)cc1CO. The van der Waals surface area contributed by atoms with Crippen molar-refractivity contribution >= 4 is 10.0 Å². The highest BCUT2D eigenvalue weighted by atomic mass is 32.2. The van der Waals surface area contributed by atoms with E-state index in [2.05, 4.69) is 6.92 Å². The normalized spacial score (nSPS) is 21.0. The molecule has 0 amide bonds. The predicted octanol–water partition coefficient (Wildman–Crippen LogP) is 2.00. The molecular weight excluding hydrogens is 290 g/mol. The van der Waals surface area contributed by atoms with Crippen LogP contribution in [0.5, 0.6) is 5.75 Å². The summed E-state index contributed by atoms with van der Waals surface area (Å²) in [7, 11) is -2.00. The van der Waals surface area contributed by atoms with Crippen LogP contribution in [0.3, 0.4) is 0 Å². The van der Waals surface area contributed by atoms with Crippen LogP contribution in [0.25, 0.3) is 0 Å². The first-order chi connectivity index (χ1) is 9.98. The number of methoxy groups -OCH3 is 1. The molecule has 1 aromatic carbocycles. The first-order valence-electron chi connectivity index (χ1n) is 7.27. The van der Waals surface area contributed by atoms with Crippen LogP contribution < -0.4 is 4.74 Å². The molecule has 1 saturated heterocycles. The molecule has 2 rings (SSSR count). The standard InChI is InChI=1S/C15H23NO4S/c1-12-4-3-8-16(9-7-12)21(18,19)14-5-6-15(20-2)13(10-14)11-17/h5-6,10,12,17H,3-4,7-9,11H2,1-2H3. The molecule has 1 aliphatic heterocycles. The number of nitrogens with zero attached hydrogens (tertiary/aromatic N) is 1. The van der Waals surface area contributed by atoms with Gasteiger partial charge in [-0.1, -0.05) is 6.92 Å². The molecule has 1 fully saturated rings. The highest BCUT2D eigenvalue weighted by Crippen LogP contribution is 2.27. The summed E-state index contributed by atoms with van der Waals surface area (Å²) in [5, 5.41) is 9.34. The van der Waals surface area contributed by atoms with Crippen LogP contribution in [0.4, 0.5) is 0 Å². The Morgan fingerprint density at radius 2 is 2.10 bits per heavy atom. The van der Waals surface area contributed by atoms with Gasteiger partial charge in [-0.3, -0.25) is 0 Å². The number of aliphatic hydroxyl groups is 1. The summed E-state index contributed by atoms with van der Waals surface area (Å²) < 4.78 is 32.1. The third kappa shape index (κ3) is 3.56. The Kier molecular flexibility index (Phi) is 5.24. The molecule has 1 N–H and O–H groups in total. The third-order valence-corrected chi connectivity index (χ3v) is 5.93. The number of ether oxygens (including phenoxy) is 1. The van der Waals surface area contributed by atoms with Gasteiger partial charge in [-0.2, -0.15) is 4.31 Å². The van der Waals surface area contributed by atoms with Crippen LogP contribution in [-0.4, -0.2) is 38.0 Å². The van der Waals surface area contributed by atoms with E-state index >= 15 is 0 Å². The maximum atomic E-state index is 12.7. The summed E-state index contributed by atoms with van der Waals surface area (Å²) in [5.74, 6) is 1.06. The van der Waals surface area contributed by atoms with Gasteiger partial charge in [0.15, 0.2) is 0 Å². The van der Waals surface area contributed by atoms with E-state index in [4.69, 9.17) is 4.74 Å². The fourth-order valence-corrected chi connectivity index (χ4v) is 4.21. The average molecular weight is 313 g/mol. The van der Waals surface area contributed by atoms with E-state index in [9.17, 15) is 13.5 Å². The second kappa shape index (κ2) is 6.77. The monoisotopic (exact) mass is 313 g/mol. The molecule has 118 valence electrons. The van der Waals surface area contributed by atoms with Crippen LogP contribution in [0.1, 0.15) is 31.7 Å². The molecule has 0 radical (unpaired) electrons. The molecule has 5 nitrogen and oxygen atoms in total. The van der Waals surface area contributed by atoms with E-state index in [0.717, 1.165) is 19.3 Å². The van der Waals surface area contributed by atoms with Gasteiger partial charge in [-0.25, -0.2) is 8.42 Å². The zero-order valence-electron chi connectivity index (χ0n) is 12.6. The molecule has 0 saturated carbocycles. The minimum absolute atomic E-state index is 0.224. The summed E-state index contributed by atoms with van der Waals surface area (Å²) in [6.07, 6.45) is 2.85. The van der Waals surface area contributed by atoms with Crippen molar-refractivity contribution in [1.82, 2.24) is 4.31 Å². The lowest BCUT2D eigenvalue weighted by Crippen LogP contribution is -2.32. The van der Waals surface area contributed by atoms with E-state index in [-0.39, 0.29) is 11.5 Å². The average Bonchev–Trinajstić information content (AvgIpc) is 2.71. The van der Waals surface area contributed by atoms with Crippen molar-refractivity contribution in [3.05, 3.63) is 23.8 Å². The summed E-state index contributed by atoms with van der Waals surface area (Å²) >= 11 is 0. The molecule has 0 bridgehead atoms. The van der Waals surface area contributed by atoms with Gasteiger partial charge in [0.05, 0.1) is 18.6 Å². The summed E-state index contributed by atoms with van der Waals surface area (Å²) in [4.78, 5) is 0.224. The van der Waals surface area contributed by atoms with Gasteiger partial charge < -0.3 is 9.84 Å². The van der Waals surface area contributed by atoms with Crippen LogP contribution in [0.15, 0.2) is 23.1 Å². The zero-order chi connectivity index (χ0) is 15.5. The van der Waals surface area contributed by atoms with Crippen molar-refractivity contribution in [2.24, 2.45) is 5.92 Å². The highest BCUT2D eigenvalue weighted by Gasteiger charge is 2.27. The van der Waals surface area contributed by atoms with Crippen molar-refractivity contribution in [2.45, 2.75) is 37.7 Å². The van der Waals surface area contributed by atoms with E-state index in [1.807, 2.05) is 0 Å². The molecule has 1 atom stereocenters. The van der Waals surface area contributed by atoms with E-state index in [0.29, 0.717) is 30.3 Å². The second-order valence-corrected chi connectivity index (χ2v) is 7.51. The fraction of sp³-hybridized carbons (Fsp3) is 0.600. The van der Waals surface area contributed by atoms with E-state index < -0.39 is 10.0 Å². The van der Waals surface area contributed by atoms with E-state index in [1.165, 1.54) is 13.2 Å². The van der Waals surface area contributed by atoms with Crippen molar-refractivity contribution in [2.75, 3.05) is 20.2 Å². The summed E-state index contributed by atoms with van der Waals surface area (Å²) in [5.41, 5.74) is 0.488. The van der Waals surface area contributed by atoms with Gasteiger partial charge >= 0.3 is 0 Å². The molecule has 6 heteroatoms. The van der Waals surface area contributed by atoms with Crippen molar-refractivity contribution in [1.29, 1.82) is 0 Å². The smallest absolute Gasteiger partial charge is 0.243 e. The first kappa shape index (κ1) is 16.3. The largest absolute Gasteiger partial charge is 0.496 e. The minimum Gasteiger partial charge on any atom is -0.496 e. The molecule has 1 unspecified atom stereocenters. The topological polar surface area (TPSA) is 66.8 Å². The molecule has 21 heavy (non-hydrogen) atoms. The van der Waals surface area contributed by atoms with Gasteiger partial charge in [0.2, 0.25) is 10.0 Å². The second-order valence-electron chi connectivity index (χ2n) is 5.57. The molecule has 1 aromatic rings. The van der Waals surface area contributed by atoms with Crippen molar-refractivity contribution in [3.63, 3.8) is 0 Å². The quantitative estimate of drug-likeness (QED) is 0.923. The molecule has 1 heterocycles. The van der Waals surface area contributed by atoms with Gasteiger partial charge in [0, 0.05) is 18.7 Å². The lowest BCUT2D eigenvalue weighted by Gasteiger charge is -2.20. The first-order valence-corrected chi connectivity index (χ1v) is 8.71. The van der Waals surface area contributed by atoms with Gasteiger partial charge in [-0.05, 0) is 43.4 Å². The Bertz CT molecular complexity index is 585. The highest BCUT2D eigenvalue weighted by molar-refractivity contribution is 7.89. The third-order valence-electron chi connectivity index (χ3n) is 4.04. The molecule has 0 aromatic heterocycles. The van der Waals surface area contributed by atoms with Crippen LogP contribution in [0, 0.1) is 5.92 Å². The number of sulfonamides is 1. The molecule has 0 aliphatic carbocycles. The van der Waals surface area contributed by atoms with Gasteiger partial charge in [-0.15, -0.1) is 0 Å². The van der Waals surface area contributed by atoms with Crippen molar-refractivity contribution < 1.29 is 18.3 Å². The Morgan fingerprint density at radius 3 is 2.76 bits per heavy atom. The maximum Gasteiger partial charge on any atom is 0.243 e. The number of rotatable bonds is 4. The lowest BCUT2D eigenvalue weighted by molar-refractivity contribution is 0.273. The van der Waals surface area contributed by atoms with Crippen molar-refractivity contribution in [3.8, 4) is 5.75 Å². The molecule has 1 aliphatic rings. The lowest BCUT2D eigenvalue weighted by atomic mass is 10.0. The maximum absolute atomic E-state index is 12.7. The fourth-order valence-electron chi connectivity index (χ4n) is 2.67. The summed E-state index contributed by atoms with van der Waals surface area (Å²) in [6.45, 7) is 3.04. The Balaban J connectivity index is 2.30. The van der Waals surface area contributed by atoms with Crippen LogP contribution in [-0.2, 0) is 16.6 Å². The summed E-state index contributed by atoms with van der Waals surface area (Å²) in [6, 6.07) is 4.64. The zero-order valence-corrected chi connectivity index (χ0v) is 13.4. The Hall–Kier alpha value is -1.11. The number of aliphatic hydroxyl groups excluding tert-OH is 1. The number of hydrogen-bond acceptors (Lipinski definition) is 4. The van der Waals surface area contributed by atoms with Crippen LogP contribution in [0.2, 0.25) is 0 Å². The Morgan fingerprint density at radius 1 is 1.33 bits per heavy atom. The van der Waals surface area contributed by atoms with Gasteiger partial charge in [0.25, 0.3) is 0 Å². The number of benzene rings is 1. The van der Waals surface area contributed by atoms with E-state index in [1.54, 1.807) is 16.4 Å². The Labute approximate surface area is 126 Å². The number of hydrogen-bond donors (Lipinski definition) is 1. The minimum atomic E-state index is -3.50. The predicted molar refractivity (Wildman–Crippen MR) is 80.7 cm³/mol. The van der Waals surface area contributed by atoms with Gasteiger partial charge in [0.1, 0.15) is 5.75 Å². The van der Waals surface area contributed by atoms with Crippen LogP contribution >= 0.6 is 0 Å².